The zero-order chi connectivity index (χ0) is 18.7. The molecule has 0 N–H and O–H groups in total. The largest absolute Gasteiger partial charge is 0.341 e. The molecule has 2 fully saturated rings. The van der Waals surface area contributed by atoms with Crippen LogP contribution in [0.15, 0.2) is 12.4 Å². The zero-order valence-corrected chi connectivity index (χ0v) is 16.1. The van der Waals surface area contributed by atoms with Crippen LogP contribution in [0.5, 0.6) is 0 Å². The molecule has 1 aromatic heterocycles. The van der Waals surface area contributed by atoms with Crippen molar-refractivity contribution in [1.29, 1.82) is 0 Å². The Hall–Kier alpha value is -2.02. The minimum atomic E-state index is 0.0201. The molecule has 7 heteroatoms. The van der Waals surface area contributed by atoms with E-state index in [-0.39, 0.29) is 17.2 Å². The molecule has 1 aromatic rings. The highest BCUT2D eigenvalue weighted by molar-refractivity contribution is 5.79. The van der Waals surface area contributed by atoms with Crippen LogP contribution in [0.4, 0.5) is 0 Å². The van der Waals surface area contributed by atoms with Crippen LogP contribution in [0.2, 0.25) is 0 Å². The summed E-state index contributed by atoms with van der Waals surface area (Å²) in [5, 5.41) is 0. The van der Waals surface area contributed by atoms with E-state index >= 15 is 0 Å². The van der Waals surface area contributed by atoms with Crippen molar-refractivity contribution in [3.05, 3.63) is 23.8 Å². The van der Waals surface area contributed by atoms with E-state index in [0.29, 0.717) is 26.1 Å². The lowest BCUT2D eigenvalue weighted by molar-refractivity contribution is -0.144. The second-order valence-electron chi connectivity index (χ2n) is 8.06. The molecule has 3 rings (SSSR count). The number of likely N-dealkylation sites (N-methyl/N-ethyl adjacent to an activating group) is 1. The molecule has 1 spiro atoms. The topological polar surface area (TPSA) is 69.6 Å². The number of carbonyl (C=O) groups excluding carboxylic acids is 2. The highest BCUT2D eigenvalue weighted by Gasteiger charge is 2.42. The van der Waals surface area contributed by atoms with Gasteiger partial charge < -0.3 is 14.7 Å². The number of hydrogen-bond donors (Lipinski definition) is 0. The van der Waals surface area contributed by atoms with Gasteiger partial charge >= 0.3 is 0 Å². The standard InChI is InChI=1S/C19H29N5O2/c1-15-9-21-16(10-20-15)11-24-14-19(7-5-17(24)25)6-4-8-23(13-19)18(26)12-22(2)3/h9-10H,4-8,11-14H2,1-3H3/t19-/m1/s1. The Morgan fingerprint density at radius 2 is 2.04 bits per heavy atom. The fraction of sp³-hybridized carbons (Fsp3) is 0.684. The van der Waals surface area contributed by atoms with Gasteiger partial charge in [0.2, 0.25) is 11.8 Å². The smallest absolute Gasteiger partial charge is 0.236 e. The maximum absolute atomic E-state index is 12.5. The minimum Gasteiger partial charge on any atom is -0.341 e. The number of hydrogen-bond acceptors (Lipinski definition) is 5. The van der Waals surface area contributed by atoms with Crippen LogP contribution in [0.25, 0.3) is 0 Å². The average Bonchev–Trinajstić information content (AvgIpc) is 2.60. The minimum absolute atomic E-state index is 0.0201. The van der Waals surface area contributed by atoms with Crippen LogP contribution in [0.1, 0.15) is 37.1 Å². The van der Waals surface area contributed by atoms with Crippen LogP contribution in [0, 0.1) is 12.3 Å². The SMILES string of the molecule is Cc1cnc(CN2C[C@]3(CCCN(C(=O)CN(C)C)C3)CCC2=O)cn1. The molecule has 142 valence electrons. The Labute approximate surface area is 155 Å². The number of aryl methyl sites for hydroxylation is 1. The van der Waals surface area contributed by atoms with Crippen LogP contribution in [0.3, 0.4) is 0 Å². The summed E-state index contributed by atoms with van der Waals surface area (Å²) in [5.41, 5.74) is 1.71. The lowest BCUT2D eigenvalue weighted by atomic mass is 9.73. The summed E-state index contributed by atoms with van der Waals surface area (Å²) in [6.07, 6.45) is 6.98. The van der Waals surface area contributed by atoms with Gasteiger partial charge in [-0.2, -0.15) is 0 Å². The van der Waals surface area contributed by atoms with E-state index in [0.717, 1.165) is 43.7 Å². The van der Waals surface area contributed by atoms with Crippen LogP contribution >= 0.6 is 0 Å². The van der Waals surface area contributed by atoms with E-state index in [4.69, 9.17) is 0 Å². The third-order valence-electron chi connectivity index (χ3n) is 5.40. The van der Waals surface area contributed by atoms with Gasteiger partial charge in [-0.3, -0.25) is 19.6 Å². The maximum atomic E-state index is 12.5. The number of amides is 2. The van der Waals surface area contributed by atoms with Crippen LogP contribution in [-0.2, 0) is 16.1 Å². The van der Waals surface area contributed by atoms with E-state index in [2.05, 4.69) is 9.97 Å². The third kappa shape index (κ3) is 4.38. The van der Waals surface area contributed by atoms with Gasteiger partial charge in [-0.15, -0.1) is 0 Å². The highest BCUT2D eigenvalue weighted by Crippen LogP contribution is 2.39. The predicted molar refractivity (Wildman–Crippen MR) is 98.2 cm³/mol. The first-order valence-corrected chi connectivity index (χ1v) is 9.35. The number of nitrogens with zero attached hydrogens (tertiary/aromatic N) is 5. The van der Waals surface area contributed by atoms with Crippen molar-refractivity contribution in [2.45, 2.75) is 39.2 Å². The molecule has 3 heterocycles. The maximum Gasteiger partial charge on any atom is 0.236 e. The highest BCUT2D eigenvalue weighted by atomic mass is 16.2. The molecule has 0 radical (unpaired) electrons. The monoisotopic (exact) mass is 359 g/mol. The fourth-order valence-corrected chi connectivity index (χ4v) is 4.07. The van der Waals surface area contributed by atoms with Gasteiger partial charge in [0.1, 0.15) is 0 Å². The Balaban J connectivity index is 1.68. The number of aromatic nitrogens is 2. The molecule has 2 aliphatic heterocycles. The molecule has 26 heavy (non-hydrogen) atoms. The quantitative estimate of drug-likeness (QED) is 0.805. The second-order valence-corrected chi connectivity index (χ2v) is 8.06. The molecule has 0 bridgehead atoms. The molecule has 2 amide bonds. The summed E-state index contributed by atoms with van der Waals surface area (Å²) in [6, 6.07) is 0. The molecule has 0 unspecified atom stereocenters. The Morgan fingerprint density at radius 3 is 2.73 bits per heavy atom. The van der Waals surface area contributed by atoms with Crippen molar-refractivity contribution < 1.29 is 9.59 Å². The number of piperidine rings is 2. The first-order valence-electron chi connectivity index (χ1n) is 9.35. The summed E-state index contributed by atoms with van der Waals surface area (Å²) in [7, 11) is 3.84. The molecule has 0 saturated carbocycles. The molecule has 0 aliphatic carbocycles. The van der Waals surface area contributed by atoms with Crippen molar-refractivity contribution in [1.82, 2.24) is 24.7 Å². The molecular formula is C19H29N5O2. The first-order chi connectivity index (χ1) is 12.4. The van der Waals surface area contributed by atoms with Crippen molar-refractivity contribution in [2.75, 3.05) is 40.3 Å². The zero-order valence-electron chi connectivity index (χ0n) is 16.1. The molecule has 2 saturated heterocycles. The van der Waals surface area contributed by atoms with E-state index < -0.39 is 0 Å². The van der Waals surface area contributed by atoms with Gasteiger partial charge in [0.15, 0.2) is 0 Å². The average molecular weight is 359 g/mol. The summed E-state index contributed by atoms with van der Waals surface area (Å²) in [5.74, 6) is 0.358. The summed E-state index contributed by atoms with van der Waals surface area (Å²) in [4.78, 5) is 39.4. The third-order valence-corrected chi connectivity index (χ3v) is 5.40. The molecule has 2 aliphatic rings. The van der Waals surface area contributed by atoms with E-state index in [1.165, 1.54) is 0 Å². The molecular weight excluding hydrogens is 330 g/mol. The lowest BCUT2D eigenvalue weighted by Gasteiger charge is -2.48. The van der Waals surface area contributed by atoms with E-state index in [9.17, 15) is 9.59 Å². The summed E-state index contributed by atoms with van der Waals surface area (Å²) >= 11 is 0. The van der Waals surface area contributed by atoms with Gasteiger partial charge in [0, 0.05) is 37.7 Å². The van der Waals surface area contributed by atoms with Crippen LogP contribution < -0.4 is 0 Å². The molecule has 1 atom stereocenters. The lowest BCUT2D eigenvalue weighted by Crippen LogP contribution is -2.55. The van der Waals surface area contributed by atoms with Gasteiger partial charge in [-0.25, -0.2) is 0 Å². The Bertz CT molecular complexity index is 660. The first kappa shape index (κ1) is 18.8. The molecule has 7 nitrogen and oxygen atoms in total. The fourth-order valence-electron chi connectivity index (χ4n) is 4.07. The summed E-state index contributed by atoms with van der Waals surface area (Å²) < 4.78 is 0. The van der Waals surface area contributed by atoms with Crippen molar-refractivity contribution >= 4 is 11.8 Å². The Morgan fingerprint density at radius 1 is 1.23 bits per heavy atom. The van der Waals surface area contributed by atoms with Gasteiger partial charge in [-0.1, -0.05) is 0 Å². The second kappa shape index (κ2) is 7.70. The number of rotatable bonds is 4. The normalized spacial score (nSPS) is 23.8. The van der Waals surface area contributed by atoms with Gasteiger partial charge in [0.25, 0.3) is 0 Å². The van der Waals surface area contributed by atoms with Gasteiger partial charge in [-0.05, 0) is 40.3 Å². The molecule has 0 aromatic carbocycles. The van der Waals surface area contributed by atoms with Crippen LogP contribution in [-0.4, -0.2) is 76.8 Å². The summed E-state index contributed by atoms with van der Waals surface area (Å²) in [6.45, 7) is 5.12. The predicted octanol–water partition coefficient (Wildman–Crippen LogP) is 1.08. The van der Waals surface area contributed by atoms with Gasteiger partial charge in [0.05, 0.1) is 30.7 Å². The van der Waals surface area contributed by atoms with E-state index in [1.807, 2.05) is 35.7 Å². The van der Waals surface area contributed by atoms with Crippen molar-refractivity contribution in [3.63, 3.8) is 0 Å². The Kier molecular flexibility index (Phi) is 5.55. The van der Waals surface area contributed by atoms with Crippen molar-refractivity contribution in [3.8, 4) is 0 Å². The van der Waals surface area contributed by atoms with E-state index in [1.54, 1.807) is 12.4 Å². The number of likely N-dealkylation sites (tertiary alicyclic amines) is 2. The van der Waals surface area contributed by atoms with Crippen molar-refractivity contribution in [2.24, 2.45) is 5.41 Å². The number of carbonyl (C=O) groups is 2.